The van der Waals surface area contributed by atoms with Crippen molar-refractivity contribution in [3.63, 3.8) is 0 Å². The van der Waals surface area contributed by atoms with Crippen molar-refractivity contribution in [2.45, 2.75) is 58.1 Å². The van der Waals surface area contributed by atoms with E-state index in [4.69, 9.17) is 5.73 Å². The van der Waals surface area contributed by atoms with Gasteiger partial charge in [-0.1, -0.05) is 26.2 Å². The second kappa shape index (κ2) is 6.55. The first kappa shape index (κ1) is 16.6. The standard InChI is InChI=1S/C14H23N5O3/c1-3-4-5-6-7-10(9(2)20)19(22)13-11(18-14(19)21)12(15)16-8-17-13/h8-10,20H,3-7H2,1-2H3,(H,18,21)(H2,15,16,17). The minimum absolute atomic E-state index is 0.0149. The van der Waals surface area contributed by atoms with Crippen LogP contribution in [0.15, 0.2) is 6.33 Å². The third kappa shape index (κ3) is 2.77. The van der Waals surface area contributed by atoms with Crippen molar-refractivity contribution in [3.05, 3.63) is 11.5 Å². The van der Waals surface area contributed by atoms with Crippen LogP contribution in [-0.4, -0.2) is 33.3 Å². The molecular weight excluding hydrogens is 286 g/mol. The molecule has 0 fully saturated rings. The molecule has 22 heavy (non-hydrogen) atoms. The van der Waals surface area contributed by atoms with Crippen LogP contribution in [-0.2, 0) is 0 Å². The van der Waals surface area contributed by atoms with E-state index in [2.05, 4.69) is 22.2 Å². The van der Waals surface area contributed by atoms with Gasteiger partial charge in [0.15, 0.2) is 11.5 Å². The topological polar surface area (TPSA) is 124 Å². The van der Waals surface area contributed by atoms with Gasteiger partial charge in [0.2, 0.25) is 0 Å². The van der Waals surface area contributed by atoms with Gasteiger partial charge in [-0.25, -0.2) is 14.4 Å². The van der Waals surface area contributed by atoms with Crippen molar-refractivity contribution < 1.29 is 9.90 Å². The van der Waals surface area contributed by atoms with Gasteiger partial charge >= 0.3 is 6.03 Å². The fourth-order valence-corrected chi connectivity index (χ4v) is 2.86. The van der Waals surface area contributed by atoms with Crippen LogP contribution in [0.1, 0.15) is 46.0 Å². The Kier molecular flexibility index (Phi) is 4.94. The SMILES string of the molecule is CCCCCCC(C(C)O)[N+]1([O-])C(=O)Nc2c(N)ncnc21. The van der Waals surface area contributed by atoms with E-state index in [9.17, 15) is 15.1 Å². The number of hydroxylamine groups is 2. The summed E-state index contributed by atoms with van der Waals surface area (Å²) in [5, 5.41) is 25.7. The van der Waals surface area contributed by atoms with Crippen LogP contribution in [0.25, 0.3) is 0 Å². The van der Waals surface area contributed by atoms with Gasteiger partial charge in [0.1, 0.15) is 18.5 Å². The lowest BCUT2D eigenvalue weighted by Crippen LogP contribution is -2.59. The lowest BCUT2D eigenvalue weighted by atomic mass is 10.0. The molecule has 0 aromatic carbocycles. The van der Waals surface area contributed by atoms with Gasteiger partial charge in [-0.15, -0.1) is 0 Å². The summed E-state index contributed by atoms with van der Waals surface area (Å²) in [4.78, 5) is 20.0. The van der Waals surface area contributed by atoms with Gasteiger partial charge in [-0.2, -0.15) is 4.98 Å². The van der Waals surface area contributed by atoms with E-state index >= 15 is 0 Å². The Morgan fingerprint density at radius 2 is 2.14 bits per heavy atom. The number of amides is 2. The Morgan fingerprint density at radius 1 is 1.41 bits per heavy atom. The van der Waals surface area contributed by atoms with Crippen LogP contribution in [0.3, 0.4) is 0 Å². The first-order chi connectivity index (χ1) is 10.4. The fourth-order valence-electron chi connectivity index (χ4n) is 2.86. The Balaban J connectivity index is 2.30. The van der Waals surface area contributed by atoms with Gasteiger partial charge in [0, 0.05) is 6.42 Å². The predicted octanol–water partition coefficient (Wildman–Crippen LogP) is 2.13. The molecule has 1 aliphatic heterocycles. The monoisotopic (exact) mass is 309 g/mol. The average Bonchev–Trinajstić information content (AvgIpc) is 2.73. The number of hydrogen-bond donors (Lipinski definition) is 3. The number of aromatic nitrogens is 2. The maximum absolute atomic E-state index is 13.2. The molecule has 3 atom stereocenters. The number of carbonyl (C=O) groups excluding carboxylic acids is 1. The molecule has 0 spiro atoms. The van der Waals surface area contributed by atoms with E-state index in [0.717, 1.165) is 32.0 Å². The molecule has 0 radical (unpaired) electrons. The zero-order chi connectivity index (χ0) is 16.3. The number of aliphatic hydroxyl groups is 1. The van der Waals surface area contributed by atoms with Gasteiger partial charge in [-0.3, -0.25) is 5.32 Å². The number of rotatable bonds is 7. The predicted molar refractivity (Wildman–Crippen MR) is 84.9 cm³/mol. The highest BCUT2D eigenvalue weighted by Gasteiger charge is 2.50. The zero-order valence-electron chi connectivity index (χ0n) is 13.0. The Labute approximate surface area is 129 Å². The second-order valence-electron chi connectivity index (χ2n) is 5.70. The summed E-state index contributed by atoms with van der Waals surface area (Å²) in [6, 6.07) is -1.59. The molecular formula is C14H23N5O3. The molecule has 8 heteroatoms. The van der Waals surface area contributed by atoms with Crippen LogP contribution in [0.5, 0.6) is 0 Å². The summed E-state index contributed by atoms with van der Waals surface area (Å²) in [5.74, 6) is 0.0448. The molecule has 2 rings (SSSR count). The highest BCUT2D eigenvalue weighted by atomic mass is 16.6. The van der Waals surface area contributed by atoms with Crippen molar-refractivity contribution in [2.75, 3.05) is 11.1 Å². The smallest absolute Gasteiger partial charge is 0.428 e. The molecule has 0 saturated carbocycles. The molecule has 122 valence electrons. The molecule has 1 aromatic rings. The number of aliphatic hydroxyl groups excluding tert-OH is 1. The number of unbranched alkanes of at least 4 members (excludes halogenated alkanes) is 3. The zero-order valence-corrected chi connectivity index (χ0v) is 13.0. The number of carbonyl (C=O) groups is 1. The van der Waals surface area contributed by atoms with Crippen molar-refractivity contribution >= 4 is 23.4 Å². The average molecular weight is 309 g/mol. The summed E-state index contributed by atoms with van der Waals surface area (Å²) < 4.78 is -1.33. The number of anilines is 2. The highest BCUT2D eigenvalue weighted by Crippen LogP contribution is 2.42. The largest absolute Gasteiger partial charge is 0.617 e. The number of hydrogen-bond acceptors (Lipinski definition) is 6. The third-order valence-corrected chi connectivity index (χ3v) is 4.08. The fraction of sp³-hybridized carbons (Fsp3) is 0.643. The first-order valence-corrected chi connectivity index (χ1v) is 7.63. The van der Waals surface area contributed by atoms with Gasteiger partial charge in [0.05, 0.1) is 0 Å². The molecule has 2 amide bonds. The van der Waals surface area contributed by atoms with Crippen molar-refractivity contribution in [1.82, 2.24) is 14.6 Å². The van der Waals surface area contributed by atoms with Crippen LogP contribution in [0, 0.1) is 5.21 Å². The summed E-state index contributed by atoms with van der Waals surface area (Å²) >= 11 is 0. The molecule has 3 unspecified atom stereocenters. The van der Waals surface area contributed by atoms with E-state index in [-0.39, 0.29) is 17.3 Å². The van der Waals surface area contributed by atoms with Crippen LogP contribution in [0.4, 0.5) is 22.1 Å². The number of nitrogens with zero attached hydrogens (tertiary/aromatic N) is 3. The molecule has 0 saturated heterocycles. The minimum atomic E-state index is -1.33. The van der Waals surface area contributed by atoms with Gasteiger partial charge in [-0.05, 0) is 13.3 Å². The molecule has 0 aliphatic carbocycles. The lowest BCUT2D eigenvalue weighted by molar-refractivity contribution is 0.0984. The molecule has 1 aliphatic rings. The summed E-state index contributed by atoms with van der Waals surface area (Å²) in [6.45, 7) is 3.62. The molecule has 1 aromatic heterocycles. The molecule has 4 N–H and O–H groups in total. The first-order valence-electron chi connectivity index (χ1n) is 7.63. The van der Waals surface area contributed by atoms with Crippen molar-refractivity contribution in [1.29, 1.82) is 0 Å². The van der Waals surface area contributed by atoms with Crippen LogP contribution in [0.2, 0.25) is 0 Å². The highest BCUT2D eigenvalue weighted by molar-refractivity contribution is 6.09. The molecule has 2 heterocycles. The van der Waals surface area contributed by atoms with Crippen molar-refractivity contribution in [3.8, 4) is 0 Å². The molecule has 8 nitrogen and oxygen atoms in total. The number of urea groups is 1. The third-order valence-electron chi connectivity index (χ3n) is 4.08. The molecule has 0 bridgehead atoms. The lowest BCUT2D eigenvalue weighted by Gasteiger charge is -2.41. The number of fused-ring (bicyclic) bond motifs is 1. The number of quaternary nitrogens is 1. The quantitative estimate of drug-likeness (QED) is 0.402. The Morgan fingerprint density at radius 3 is 2.77 bits per heavy atom. The Hall–Kier alpha value is -1.77. The van der Waals surface area contributed by atoms with Gasteiger partial charge < -0.3 is 16.0 Å². The second-order valence-corrected chi connectivity index (χ2v) is 5.70. The maximum atomic E-state index is 13.2. The van der Waals surface area contributed by atoms with E-state index < -0.39 is 22.8 Å². The summed E-state index contributed by atoms with van der Waals surface area (Å²) in [5.41, 5.74) is 5.85. The minimum Gasteiger partial charge on any atom is -0.617 e. The van der Waals surface area contributed by atoms with Gasteiger partial charge in [0.25, 0.3) is 5.82 Å². The van der Waals surface area contributed by atoms with Crippen LogP contribution < -0.4 is 15.7 Å². The van der Waals surface area contributed by atoms with E-state index in [1.165, 1.54) is 6.92 Å². The number of nitrogens with one attached hydrogen (secondary N) is 1. The van der Waals surface area contributed by atoms with E-state index in [1.54, 1.807) is 0 Å². The van der Waals surface area contributed by atoms with E-state index in [1.807, 2.05) is 0 Å². The normalized spacial score (nSPS) is 23.0. The van der Waals surface area contributed by atoms with E-state index in [0.29, 0.717) is 6.42 Å². The maximum Gasteiger partial charge on any atom is 0.428 e. The summed E-state index contributed by atoms with van der Waals surface area (Å²) in [7, 11) is 0. The van der Waals surface area contributed by atoms with Crippen LogP contribution >= 0.6 is 0 Å². The number of nitrogens with two attached hydrogens (primary N) is 1. The van der Waals surface area contributed by atoms with Crippen molar-refractivity contribution in [2.24, 2.45) is 0 Å². The number of nitrogen functional groups attached to an aromatic ring is 1. The summed E-state index contributed by atoms with van der Waals surface area (Å²) in [6.07, 6.45) is 4.53. The Bertz CT molecular complexity index is 551.